The Morgan fingerprint density at radius 3 is 2.75 bits per heavy atom. The third kappa shape index (κ3) is 3.54. The number of nitrogens with one attached hydrogen (secondary N) is 2. The number of H-pyrrole nitrogens is 1. The number of aromatic amines is 1. The van der Waals surface area contributed by atoms with E-state index in [-0.39, 0.29) is 30.1 Å². The minimum Gasteiger partial charge on any atom is -0.349 e. The molecule has 2 heterocycles. The highest BCUT2D eigenvalue weighted by Gasteiger charge is 2.34. The summed E-state index contributed by atoms with van der Waals surface area (Å²) in [5.74, 6) is -0.677. The van der Waals surface area contributed by atoms with Gasteiger partial charge in [0.15, 0.2) is 0 Å². The van der Waals surface area contributed by atoms with Crippen LogP contribution in [-0.4, -0.2) is 45.2 Å². The number of imide groups is 1. The molecule has 1 saturated heterocycles. The van der Waals surface area contributed by atoms with Gasteiger partial charge in [-0.25, -0.2) is 0 Å². The van der Waals surface area contributed by atoms with E-state index < -0.39 is 0 Å². The molecule has 2 aromatic rings. The Labute approximate surface area is 142 Å². The number of amides is 3. The van der Waals surface area contributed by atoms with Gasteiger partial charge in [-0.05, 0) is 29.5 Å². The number of benzene rings is 1. The lowest BCUT2D eigenvalue weighted by molar-refractivity contribution is -0.122. The number of hydrogen-bond donors (Lipinski definition) is 2. The molecule has 1 aromatic heterocycles. The van der Waals surface area contributed by atoms with Crippen molar-refractivity contribution in [3.8, 4) is 0 Å². The van der Waals surface area contributed by atoms with Crippen LogP contribution in [0, 0.1) is 0 Å². The normalized spacial score (nSPS) is 16.0. The minimum absolute atomic E-state index is 0.122. The molecule has 1 fully saturated rings. The first-order valence-electron chi connectivity index (χ1n) is 7.23. The van der Waals surface area contributed by atoms with Gasteiger partial charge in [-0.2, -0.15) is 5.10 Å². The molecular formula is C16H14N4O3S. The van der Waals surface area contributed by atoms with Crippen molar-refractivity contribution in [3.63, 3.8) is 0 Å². The maximum absolute atomic E-state index is 12.3. The summed E-state index contributed by atoms with van der Waals surface area (Å²) in [5.41, 5.74) is 1.18. The first-order chi connectivity index (χ1) is 11.6. The van der Waals surface area contributed by atoms with Crippen LogP contribution in [0.2, 0.25) is 0 Å². The highest BCUT2D eigenvalue weighted by Crippen LogP contribution is 2.31. The Morgan fingerprint density at radius 2 is 2.04 bits per heavy atom. The van der Waals surface area contributed by atoms with Crippen molar-refractivity contribution in [3.05, 3.63) is 58.8 Å². The summed E-state index contributed by atoms with van der Waals surface area (Å²) in [6, 6.07) is 10.9. The highest BCUT2D eigenvalue weighted by atomic mass is 32.2. The molecule has 0 aliphatic carbocycles. The molecule has 0 spiro atoms. The summed E-state index contributed by atoms with van der Waals surface area (Å²) in [7, 11) is 0. The van der Waals surface area contributed by atoms with E-state index in [9.17, 15) is 14.4 Å². The standard InChI is InChI=1S/C16H14N4O3S/c21-14(12-6-7-18-19-12)17-8-9-20-15(22)13(24-16(20)23)10-11-4-2-1-3-5-11/h1-7,10H,8-9H2,(H,17,21)(H,18,19)/b13-10+. The van der Waals surface area contributed by atoms with Crippen LogP contribution in [0.15, 0.2) is 47.5 Å². The van der Waals surface area contributed by atoms with Crippen molar-refractivity contribution in [2.45, 2.75) is 0 Å². The molecule has 3 rings (SSSR count). The van der Waals surface area contributed by atoms with Crippen molar-refractivity contribution < 1.29 is 14.4 Å². The zero-order chi connectivity index (χ0) is 16.9. The summed E-state index contributed by atoms with van der Waals surface area (Å²) in [6.45, 7) is 0.297. The number of aromatic nitrogens is 2. The molecule has 122 valence electrons. The zero-order valence-electron chi connectivity index (χ0n) is 12.6. The van der Waals surface area contributed by atoms with Crippen molar-refractivity contribution >= 4 is 34.9 Å². The lowest BCUT2D eigenvalue weighted by Gasteiger charge is -2.12. The first-order valence-corrected chi connectivity index (χ1v) is 8.05. The molecule has 0 radical (unpaired) electrons. The van der Waals surface area contributed by atoms with Gasteiger partial charge in [0.05, 0.1) is 4.91 Å². The molecule has 0 unspecified atom stereocenters. The van der Waals surface area contributed by atoms with Gasteiger partial charge in [-0.1, -0.05) is 30.3 Å². The smallest absolute Gasteiger partial charge is 0.293 e. The topological polar surface area (TPSA) is 95.2 Å². The number of carbonyl (C=O) groups excluding carboxylic acids is 3. The largest absolute Gasteiger partial charge is 0.349 e. The highest BCUT2D eigenvalue weighted by molar-refractivity contribution is 8.18. The van der Waals surface area contributed by atoms with E-state index in [1.54, 1.807) is 6.08 Å². The van der Waals surface area contributed by atoms with Crippen LogP contribution in [0.3, 0.4) is 0 Å². The van der Waals surface area contributed by atoms with Gasteiger partial charge in [-0.15, -0.1) is 0 Å². The molecule has 0 saturated carbocycles. The Morgan fingerprint density at radius 1 is 1.25 bits per heavy atom. The zero-order valence-corrected chi connectivity index (χ0v) is 13.4. The second kappa shape index (κ2) is 7.14. The van der Waals surface area contributed by atoms with Crippen LogP contribution in [0.5, 0.6) is 0 Å². The Bertz CT molecular complexity index is 787. The maximum Gasteiger partial charge on any atom is 0.293 e. The van der Waals surface area contributed by atoms with Crippen molar-refractivity contribution in [1.82, 2.24) is 20.4 Å². The molecule has 7 nitrogen and oxygen atoms in total. The Balaban J connectivity index is 1.59. The molecule has 1 aliphatic rings. The van der Waals surface area contributed by atoms with Gasteiger partial charge < -0.3 is 5.32 Å². The predicted molar refractivity (Wildman–Crippen MR) is 90.0 cm³/mol. The Hall–Kier alpha value is -2.87. The predicted octanol–water partition coefficient (Wildman–Crippen LogP) is 1.88. The van der Waals surface area contributed by atoms with Gasteiger partial charge in [0, 0.05) is 19.3 Å². The van der Waals surface area contributed by atoms with E-state index >= 15 is 0 Å². The summed E-state index contributed by atoms with van der Waals surface area (Å²) in [4.78, 5) is 37.6. The molecule has 8 heteroatoms. The SMILES string of the molecule is O=C(NCCN1C(=O)S/C(=C/c2ccccc2)C1=O)c1ccn[nH]1. The fourth-order valence-corrected chi connectivity index (χ4v) is 3.02. The van der Waals surface area contributed by atoms with Crippen LogP contribution in [0.4, 0.5) is 4.79 Å². The van der Waals surface area contributed by atoms with Gasteiger partial charge in [0.1, 0.15) is 5.69 Å². The van der Waals surface area contributed by atoms with Crippen molar-refractivity contribution in [2.75, 3.05) is 13.1 Å². The summed E-state index contributed by atoms with van der Waals surface area (Å²) in [5, 5.41) is 8.53. The molecular weight excluding hydrogens is 328 g/mol. The van der Waals surface area contributed by atoms with Gasteiger partial charge in [-0.3, -0.25) is 24.4 Å². The molecule has 3 amide bonds. The van der Waals surface area contributed by atoms with E-state index in [1.165, 1.54) is 12.3 Å². The van der Waals surface area contributed by atoms with Gasteiger partial charge in [0.2, 0.25) is 0 Å². The van der Waals surface area contributed by atoms with Crippen LogP contribution < -0.4 is 5.32 Å². The fourth-order valence-electron chi connectivity index (χ4n) is 2.15. The summed E-state index contributed by atoms with van der Waals surface area (Å²) < 4.78 is 0. The minimum atomic E-state index is -0.343. The number of thioether (sulfide) groups is 1. The molecule has 1 aromatic carbocycles. The number of hydrogen-bond acceptors (Lipinski definition) is 5. The van der Waals surface area contributed by atoms with Crippen LogP contribution in [0.25, 0.3) is 6.08 Å². The van der Waals surface area contributed by atoms with Crippen molar-refractivity contribution in [2.24, 2.45) is 0 Å². The van der Waals surface area contributed by atoms with E-state index in [0.717, 1.165) is 22.2 Å². The van der Waals surface area contributed by atoms with Crippen molar-refractivity contribution in [1.29, 1.82) is 0 Å². The lowest BCUT2D eigenvalue weighted by Crippen LogP contribution is -2.37. The van der Waals surface area contributed by atoms with Crippen LogP contribution >= 0.6 is 11.8 Å². The lowest BCUT2D eigenvalue weighted by atomic mass is 10.2. The number of nitrogens with zero attached hydrogens (tertiary/aromatic N) is 2. The second-order valence-corrected chi connectivity index (χ2v) is 5.96. The molecule has 2 N–H and O–H groups in total. The van der Waals surface area contributed by atoms with E-state index in [2.05, 4.69) is 15.5 Å². The fraction of sp³-hybridized carbons (Fsp3) is 0.125. The first kappa shape index (κ1) is 16.0. The second-order valence-electron chi connectivity index (χ2n) is 4.97. The van der Waals surface area contributed by atoms with Gasteiger partial charge in [0.25, 0.3) is 17.1 Å². The molecule has 0 bridgehead atoms. The Kier molecular flexibility index (Phi) is 4.76. The summed E-state index contributed by atoms with van der Waals surface area (Å²) in [6.07, 6.45) is 3.16. The average Bonchev–Trinajstić information content (AvgIpc) is 3.20. The van der Waals surface area contributed by atoms with E-state index in [0.29, 0.717) is 10.6 Å². The van der Waals surface area contributed by atoms with Gasteiger partial charge >= 0.3 is 0 Å². The maximum atomic E-state index is 12.3. The quantitative estimate of drug-likeness (QED) is 0.809. The van der Waals surface area contributed by atoms with E-state index in [1.807, 2.05) is 30.3 Å². The third-order valence-electron chi connectivity index (χ3n) is 3.34. The van der Waals surface area contributed by atoms with Crippen LogP contribution in [0.1, 0.15) is 16.1 Å². The average molecular weight is 342 g/mol. The molecule has 24 heavy (non-hydrogen) atoms. The number of carbonyl (C=O) groups is 3. The van der Waals surface area contributed by atoms with Crippen LogP contribution in [-0.2, 0) is 4.79 Å². The molecule has 1 aliphatic heterocycles. The third-order valence-corrected chi connectivity index (χ3v) is 4.24. The number of rotatable bonds is 5. The molecule has 0 atom stereocenters. The summed E-state index contributed by atoms with van der Waals surface area (Å²) >= 11 is 0.903. The van der Waals surface area contributed by atoms with E-state index in [4.69, 9.17) is 0 Å². The monoisotopic (exact) mass is 342 g/mol.